The Morgan fingerprint density at radius 1 is 1.13 bits per heavy atom. The topological polar surface area (TPSA) is 37.4 Å². The van der Waals surface area contributed by atoms with Gasteiger partial charge in [-0.15, -0.1) is 0 Å². The second kappa shape index (κ2) is 5.72. The van der Waals surface area contributed by atoms with Gasteiger partial charge in [-0.2, -0.15) is 0 Å². The third-order valence-corrected chi connectivity index (χ3v) is 5.76. The van der Waals surface area contributed by atoms with Crippen molar-refractivity contribution in [1.29, 1.82) is 0 Å². The summed E-state index contributed by atoms with van der Waals surface area (Å²) in [7, 11) is -4.35. The second-order valence-corrected chi connectivity index (χ2v) is 7.37. The van der Waals surface area contributed by atoms with Gasteiger partial charge in [-0.05, 0) is 36.6 Å². The molecule has 0 fully saturated rings. The zero-order chi connectivity index (χ0) is 16.8. The number of hydrogen-bond acceptors (Lipinski definition) is 2. The minimum Gasteiger partial charge on any atom is -0.263 e. The van der Waals surface area contributed by atoms with Gasteiger partial charge < -0.3 is 0 Å². The normalized spacial score (nSPS) is 14.7. The van der Waals surface area contributed by atoms with Crippen LogP contribution in [0.3, 0.4) is 0 Å². The highest BCUT2D eigenvalue weighted by molar-refractivity contribution is 7.92. The average molecular weight is 362 g/mol. The van der Waals surface area contributed by atoms with E-state index < -0.39 is 32.4 Å². The first-order chi connectivity index (χ1) is 10.8. The molecule has 1 heterocycles. The summed E-state index contributed by atoms with van der Waals surface area (Å²) in [5.41, 5.74) is -0.00298. The Labute approximate surface area is 136 Å². The third kappa shape index (κ3) is 2.68. The van der Waals surface area contributed by atoms with E-state index >= 15 is 0 Å². The van der Waals surface area contributed by atoms with Gasteiger partial charge in [0, 0.05) is 12.6 Å². The molecule has 0 aromatic heterocycles. The van der Waals surface area contributed by atoms with Crippen molar-refractivity contribution in [2.45, 2.75) is 17.7 Å². The van der Waals surface area contributed by atoms with E-state index in [1.54, 1.807) is 0 Å². The van der Waals surface area contributed by atoms with Crippen molar-refractivity contribution < 1.29 is 21.6 Å². The van der Waals surface area contributed by atoms with Crippen LogP contribution in [-0.2, 0) is 16.4 Å². The van der Waals surface area contributed by atoms with Crippen LogP contribution in [0.2, 0.25) is 5.02 Å². The number of fused-ring (bicyclic) bond motifs is 1. The molecule has 0 saturated heterocycles. The molecule has 0 saturated carbocycles. The number of benzene rings is 2. The average Bonchev–Trinajstić information content (AvgIpc) is 2.48. The molecule has 0 atom stereocenters. The lowest BCUT2D eigenvalue weighted by Crippen LogP contribution is -2.36. The number of halogens is 4. The summed E-state index contributed by atoms with van der Waals surface area (Å²) >= 11 is 5.63. The molecule has 0 bridgehead atoms. The molecule has 23 heavy (non-hydrogen) atoms. The Morgan fingerprint density at radius 3 is 2.61 bits per heavy atom. The maximum atomic E-state index is 14.1. The van der Waals surface area contributed by atoms with E-state index in [9.17, 15) is 21.6 Å². The van der Waals surface area contributed by atoms with Crippen molar-refractivity contribution in [1.82, 2.24) is 0 Å². The van der Waals surface area contributed by atoms with Gasteiger partial charge >= 0.3 is 0 Å². The lowest BCUT2D eigenvalue weighted by Gasteiger charge is -2.31. The van der Waals surface area contributed by atoms with Crippen LogP contribution in [0.1, 0.15) is 12.0 Å². The molecule has 0 N–H and O–H groups in total. The van der Waals surface area contributed by atoms with Crippen molar-refractivity contribution in [2.24, 2.45) is 0 Å². The van der Waals surface area contributed by atoms with Gasteiger partial charge in [-0.3, -0.25) is 4.31 Å². The van der Waals surface area contributed by atoms with Crippen LogP contribution >= 0.6 is 11.6 Å². The van der Waals surface area contributed by atoms with Gasteiger partial charge in [0.2, 0.25) is 0 Å². The molecule has 0 amide bonds. The zero-order valence-electron chi connectivity index (χ0n) is 11.7. The fraction of sp³-hybridized carbons (Fsp3) is 0.200. The third-order valence-electron chi connectivity index (χ3n) is 3.65. The molecular formula is C15H11ClF3NO2S. The fourth-order valence-corrected chi connectivity index (χ4v) is 4.53. The summed E-state index contributed by atoms with van der Waals surface area (Å²) in [6.45, 7) is -0.0240. The maximum absolute atomic E-state index is 14.1. The molecule has 3 rings (SSSR count). The minimum atomic E-state index is -4.35. The molecule has 122 valence electrons. The van der Waals surface area contributed by atoms with Crippen molar-refractivity contribution in [2.75, 3.05) is 10.8 Å². The monoisotopic (exact) mass is 361 g/mol. The second-order valence-electron chi connectivity index (χ2n) is 5.13. The van der Waals surface area contributed by atoms with Crippen LogP contribution in [0, 0.1) is 17.5 Å². The Morgan fingerprint density at radius 2 is 1.87 bits per heavy atom. The summed E-state index contributed by atoms with van der Waals surface area (Å²) in [5.74, 6) is -2.87. The van der Waals surface area contributed by atoms with E-state index in [4.69, 9.17) is 11.6 Å². The first-order valence-electron chi connectivity index (χ1n) is 6.77. The van der Waals surface area contributed by atoms with Crippen LogP contribution in [-0.4, -0.2) is 15.0 Å². The molecule has 3 nitrogen and oxygen atoms in total. The predicted octanol–water partition coefficient (Wildman–Crippen LogP) is 3.90. The highest BCUT2D eigenvalue weighted by Crippen LogP contribution is 2.36. The quantitative estimate of drug-likeness (QED) is 0.813. The highest BCUT2D eigenvalue weighted by Gasteiger charge is 2.34. The Balaban J connectivity index is 2.19. The number of rotatable bonds is 2. The molecule has 1 aliphatic rings. The van der Waals surface area contributed by atoms with Gasteiger partial charge in [0.1, 0.15) is 10.7 Å². The maximum Gasteiger partial charge on any atom is 0.267 e. The molecule has 2 aromatic carbocycles. The minimum absolute atomic E-state index is 0.0240. The summed E-state index contributed by atoms with van der Waals surface area (Å²) in [4.78, 5) is -0.637. The SMILES string of the molecule is O=S(=O)(c1cccc(Cl)c1F)N1CCCc2cc(F)cc(F)c21. The molecule has 1 aliphatic heterocycles. The lowest BCUT2D eigenvalue weighted by molar-refractivity contribution is 0.550. The number of hydrogen-bond donors (Lipinski definition) is 0. The summed E-state index contributed by atoms with van der Waals surface area (Å²) in [6.07, 6.45) is 0.714. The fourth-order valence-electron chi connectivity index (χ4n) is 2.66. The van der Waals surface area contributed by atoms with Crippen LogP contribution in [0.15, 0.2) is 35.2 Å². The van der Waals surface area contributed by atoms with E-state index in [-0.39, 0.29) is 22.8 Å². The molecule has 0 unspecified atom stereocenters. The summed E-state index contributed by atoms with van der Waals surface area (Å²) in [6, 6.07) is 5.28. The first-order valence-corrected chi connectivity index (χ1v) is 8.59. The predicted molar refractivity (Wildman–Crippen MR) is 80.6 cm³/mol. The van der Waals surface area contributed by atoms with E-state index in [1.807, 2.05) is 0 Å². The molecule has 8 heteroatoms. The van der Waals surface area contributed by atoms with Gasteiger partial charge in [-0.25, -0.2) is 21.6 Å². The largest absolute Gasteiger partial charge is 0.267 e. The van der Waals surface area contributed by atoms with Gasteiger partial charge in [0.05, 0.1) is 10.7 Å². The van der Waals surface area contributed by atoms with Crippen LogP contribution in [0.5, 0.6) is 0 Å². The molecule has 0 radical (unpaired) electrons. The van der Waals surface area contributed by atoms with Crippen molar-refractivity contribution in [3.8, 4) is 0 Å². The number of sulfonamides is 1. The smallest absolute Gasteiger partial charge is 0.263 e. The number of anilines is 1. The van der Waals surface area contributed by atoms with E-state index in [0.29, 0.717) is 18.9 Å². The van der Waals surface area contributed by atoms with E-state index in [0.717, 1.165) is 16.4 Å². The number of aryl methyl sites for hydroxylation is 1. The number of nitrogens with zero attached hydrogens (tertiary/aromatic N) is 1. The van der Waals surface area contributed by atoms with Crippen LogP contribution in [0.25, 0.3) is 0 Å². The van der Waals surface area contributed by atoms with Crippen LogP contribution < -0.4 is 4.31 Å². The van der Waals surface area contributed by atoms with Crippen molar-refractivity contribution >= 4 is 27.3 Å². The standard InChI is InChI=1S/C15H11ClF3NO2S/c16-11-4-1-5-13(14(11)19)23(21,22)20-6-2-3-9-7-10(17)8-12(18)15(9)20/h1,4-5,7-8H,2-3,6H2. The highest BCUT2D eigenvalue weighted by atomic mass is 35.5. The molecular weight excluding hydrogens is 351 g/mol. The van der Waals surface area contributed by atoms with Crippen LogP contribution in [0.4, 0.5) is 18.9 Å². The Bertz CT molecular complexity index is 887. The van der Waals surface area contributed by atoms with E-state index in [2.05, 4.69) is 0 Å². The molecule has 0 aliphatic carbocycles. The van der Waals surface area contributed by atoms with Gasteiger partial charge in [-0.1, -0.05) is 17.7 Å². The van der Waals surface area contributed by atoms with Crippen molar-refractivity contribution in [3.05, 3.63) is 58.4 Å². The molecule has 0 spiro atoms. The first kappa shape index (κ1) is 16.1. The van der Waals surface area contributed by atoms with Gasteiger partial charge in [0.15, 0.2) is 11.6 Å². The Kier molecular flexibility index (Phi) is 4.01. The van der Waals surface area contributed by atoms with E-state index in [1.165, 1.54) is 12.1 Å². The molecule has 2 aromatic rings. The Hall–Kier alpha value is -1.73. The van der Waals surface area contributed by atoms with Gasteiger partial charge in [0.25, 0.3) is 10.0 Å². The summed E-state index contributed by atoms with van der Waals surface area (Å²) < 4.78 is 67.8. The van der Waals surface area contributed by atoms with Crippen molar-refractivity contribution in [3.63, 3.8) is 0 Å². The zero-order valence-corrected chi connectivity index (χ0v) is 13.3. The lowest BCUT2D eigenvalue weighted by atomic mass is 10.0. The summed E-state index contributed by atoms with van der Waals surface area (Å²) in [5, 5.41) is -0.345.